The van der Waals surface area contributed by atoms with Crippen molar-refractivity contribution in [1.29, 1.82) is 0 Å². The van der Waals surface area contributed by atoms with E-state index in [2.05, 4.69) is 5.18 Å². The Morgan fingerprint density at radius 3 is 2.82 bits per heavy atom. The molecule has 1 aliphatic rings. The van der Waals surface area contributed by atoms with E-state index in [1.165, 1.54) is 16.7 Å². The SMILES string of the molecule is O=Nc1c(O)n(Cc2cc(F)cc3c2OCOC3)c2cccc(-c3cc4ccccc4o3)c12. The van der Waals surface area contributed by atoms with Gasteiger partial charge in [-0.3, -0.25) is 0 Å². The van der Waals surface area contributed by atoms with Gasteiger partial charge in [0, 0.05) is 27.5 Å². The number of furan rings is 1. The van der Waals surface area contributed by atoms with Gasteiger partial charge < -0.3 is 23.6 Å². The fourth-order valence-electron chi connectivity index (χ4n) is 4.48. The number of aromatic hydroxyl groups is 1. The van der Waals surface area contributed by atoms with Gasteiger partial charge in [0.2, 0.25) is 5.88 Å². The van der Waals surface area contributed by atoms with E-state index in [1.54, 1.807) is 12.1 Å². The fraction of sp³-hybridized carbons (Fsp3) is 0.120. The maximum atomic E-state index is 14.3. The number of aromatic nitrogens is 1. The third-order valence-corrected chi connectivity index (χ3v) is 5.90. The largest absolute Gasteiger partial charge is 0.493 e. The smallest absolute Gasteiger partial charge is 0.222 e. The molecule has 0 fully saturated rings. The van der Waals surface area contributed by atoms with Crippen molar-refractivity contribution in [1.82, 2.24) is 4.57 Å². The summed E-state index contributed by atoms with van der Waals surface area (Å²) in [6, 6.07) is 17.6. The Bertz CT molecular complexity index is 1520. The summed E-state index contributed by atoms with van der Waals surface area (Å²) in [5.41, 5.74) is 2.90. The number of fused-ring (bicyclic) bond motifs is 3. The van der Waals surface area contributed by atoms with E-state index < -0.39 is 5.82 Å². The van der Waals surface area contributed by atoms with Gasteiger partial charge in [-0.05, 0) is 35.5 Å². The lowest BCUT2D eigenvalue weighted by molar-refractivity contribution is -0.0173. The van der Waals surface area contributed by atoms with Crippen molar-refractivity contribution in [2.75, 3.05) is 6.79 Å². The Morgan fingerprint density at radius 2 is 1.97 bits per heavy atom. The Hall–Kier alpha value is -4.17. The Kier molecular flexibility index (Phi) is 4.41. The lowest BCUT2D eigenvalue weighted by Crippen LogP contribution is -2.14. The molecule has 0 bridgehead atoms. The predicted octanol–water partition coefficient (Wildman–Crippen LogP) is 6.21. The molecule has 8 heteroatoms. The van der Waals surface area contributed by atoms with Gasteiger partial charge in [0.15, 0.2) is 12.5 Å². The number of nitroso groups, excluding NO2 is 1. The molecule has 0 radical (unpaired) electrons. The zero-order valence-corrected chi connectivity index (χ0v) is 17.2. The van der Waals surface area contributed by atoms with Gasteiger partial charge in [0.25, 0.3) is 0 Å². The van der Waals surface area contributed by atoms with E-state index >= 15 is 0 Å². The van der Waals surface area contributed by atoms with E-state index in [1.807, 2.05) is 36.4 Å². The van der Waals surface area contributed by atoms with E-state index in [0.29, 0.717) is 44.7 Å². The van der Waals surface area contributed by atoms with Crippen LogP contribution in [0.3, 0.4) is 0 Å². The Labute approximate surface area is 186 Å². The fourth-order valence-corrected chi connectivity index (χ4v) is 4.48. The molecule has 2 aromatic heterocycles. The maximum absolute atomic E-state index is 14.3. The first-order valence-corrected chi connectivity index (χ1v) is 10.3. The maximum Gasteiger partial charge on any atom is 0.222 e. The molecule has 0 aliphatic carbocycles. The summed E-state index contributed by atoms with van der Waals surface area (Å²) in [5, 5.41) is 15.4. The van der Waals surface area contributed by atoms with E-state index in [4.69, 9.17) is 13.9 Å². The minimum atomic E-state index is -0.439. The zero-order chi connectivity index (χ0) is 22.5. The molecular formula is C25H17FN2O5. The molecule has 0 unspecified atom stereocenters. The van der Waals surface area contributed by atoms with Gasteiger partial charge in [0.1, 0.15) is 22.9 Å². The van der Waals surface area contributed by atoms with Crippen LogP contribution < -0.4 is 4.74 Å². The molecule has 0 saturated heterocycles. The van der Waals surface area contributed by atoms with Crippen LogP contribution in [0.1, 0.15) is 11.1 Å². The molecule has 1 N–H and O–H groups in total. The summed E-state index contributed by atoms with van der Waals surface area (Å²) in [5.74, 6) is 0.310. The number of hydrogen-bond acceptors (Lipinski definition) is 6. The molecule has 1 aliphatic heterocycles. The van der Waals surface area contributed by atoms with Crippen molar-refractivity contribution in [3.63, 3.8) is 0 Å². The summed E-state index contributed by atoms with van der Waals surface area (Å²) in [6.07, 6.45) is 0. The number of para-hydroxylation sites is 1. The number of hydrogen-bond donors (Lipinski definition) is 1. The number of nitrogens with zero attached hydrogens (tertiary/aromatic N) is 2. The summed E-state index contributed by atoms with van der Waals surface area (Å²) in [4.78, 5) is 11.8. The first-order chi connectivity index (χ1) is 16.1. The summed E-state index contributed by atoms with van der Waals surface area (Å²) >= 11 is 0. The summed E-state index contributed by atoms with van der Waals surface area (Å²) in [7, 11) is 0. The van der Waals surface area contributed by atoms with Crippen LogP contribution in [0.5, 0.6) is 11.6 Å². The first kappa shape index (κ1) is 19.5. The lowest BCUT2D eigenvalue weighted by atomic mass is 10.1. The zero-order valence-electron chi connectivity index (χ0n) is 17.2. The molecule has 0 atom stereocenters. The molecule has 7 nitrogen and oxygen atoms in total. The average Bonchev–Trinajstić information content (AvgIpc) is 3.38. The highest BCUT2D eigenvalue weighted by atomic mass is 19.1. The third kappa shape index (κ3) is 3.07. The standard InChI is InChI=1S/C25H17FN2O5/c26-17-8-15(24-16(9-17)12-31-13-32-24)11-28-19-6-3-5-18(22(19)23(27-30)25(28)29)21-10-14-4-1-2-7-20(14)33-21/h1-10,29H,11-13H2. The average molecular weight is 444 g/mol. The molecule has 164 valence electrons. The molecule has 3 aromatic carbocycles. The van der Waals surface area contributed by atoms with Crippen molar-refractivity contribution in [2.45, 2.75) is 13.2 Å². The van der Waals surface area contributed by atoms with E-state index in [-0.39, 0.29) is 31.5 Å². The van der Waals surface area contributed by atoms with Crippen molar-refractivity contribution < 1.29 is 23.4 Å². The van der Waals surface area contributed by atoms with Crippen LogP contribution >= 0.6 is 0 Å². The monoisotopic (exact) mass is 444 g/mol. The topological polar surface area (TPSA) is 86.2 Å². The molecule has 0 spiro atoms. The molecule has 0 saturated carbocycles. The predicted molar refractivity (Wildman–Crippen MR) is 120 cm³/mol. The van der Waals surface area contributed by atoms with Crippen LogP contribution in [-0.4, -0.2) is 16.5 Å². The molecule has 33 heavy (non-hydrogen) atoms. The second-order valence-electron chi connectivity index (χ2n) is 7.86. The van der Waals surface area contributed by atoms with Gasteiger partial charge >= 0.3 is 0 Å². The Balaban J connectivity index is 1.55. The van der Waals surface area contributed by atoms with Crippen LogP contribution in [0.15, 0.2) is 70.3 Å². The highest BCUT2D eigenvalue weighted by Crippen LogP contribution is 2.45. The van der Waals surface area contributed by atoms with Crippen molar-refractivity contribution in [2.24, 2.45) is 5.18 Å². The van der Waals surface area contributed by atoms with Crippen LogP contribution in [0.2, 0.25) is 0 Å². The van der Waals surface area contributed by atoms with Crippen molar-refractivity contribution in [3.8, 4) is 23.0 Å². The quantitative estimate of drug-likeness (QED) is 0.333. The van der Waals surface area contributed by atoms with Crippen LogP contribution in [0.4, 0.5) is 10.1 Å². The highest BCUT2D eigenvalue weighted by Gasteiger charge is 2.24. The van der Waals surface area contributed by atoms with Gasteiger partial charge in [0.05, 0.1) is 18.7 Å². The lowest BCUT2D eigenvalue weighted by Gasteiger charge is -2.21. The third-order valence-electron chi connectivity index (χ3n) is 5.90. The highest BCUT2D eigenvalue weighted by molar-refractivity contribution is 6.05. The molecule has 5 aromatic rings. The molecule has 0 amide bonds. The van der Waals surface area contributed by atoms with Crippen molar-refractivity contribution >= 4 is 27.6 Å². The van der Waals surface area contributed by atoms with Gasteiger partial charge in [-0.2, -0.15) is 0 Å². The second kappa shape index (κ2) is 7.46. The molecular weight excluding hydrogens is 427 g/mol. The van der Waals surface area contributed by atoms with Crippen LogP contribution in [-0.2, 0) is 17.9 Å². The van der Waals surface area contributed by atoms with E-state index in [9.17, 15) is 14.4 Å². The Morgan fingerprint density at radius 1 is 1.09 bits per heavy atom. The van der Waals surface area contributed by atoms with Gasteiger partial charge in [-0.15, -0.1) is 4.91 Å². The number of ether oxygens (including phenoxy) is 2. The van der Waals surface area contributed by atoms with Gasteiger partial charge in [-0.25, -0.2) is 4.39 Å². The minimum Gasteiger partial charge on any atom is -0.493 e. The first-order valence-electron chi connectivity index (χ1n) is 10.3. The minimum absolute atomic E-state index is 0.0569. The molecule has 3 heterocycles. The van der Waals surface area contributed by atoms with E-state index in [0.717, 1.165) is 5.39 Å². The van der Waals surface area contributed by atoms with Crippen molar-refractivity contribution in [3.05, 3.63) is 82.5 Å². The van der Waals surface area contributed by atoms with Crippen LogP contribution in [0.25, 0.3) is 33.2 Å². The van der Waals surface area contributed by atoms with Crippen LogP contribution in [0, 0.1) is 10.7 Å². The second-order valence-corrected chi connectivity index (χ2v) is 7.86. The summed E-state index contributed by atoms with van der Waals surface area (Å²) in [6.45, 7) is 0.360. The normalized spacial score (nSPS) is 13.2. The summed E-state index contributed by atoms with van der Waals surface area (Å²) < 4.78 is 32.6. The van der Waals surface area contributed by atoms with Gasteiger partial charge in [-0.1, -0.05) is 30.3 Å². The number of benzene rings is 3. The molecule has 6 rings (SSSR count). The number of rotatable bonds is 4. The number of halogens is 1.